The molecule has 0 aromatic carbocycles. The molecule has 0 amide bonds. The van der Waals surface area contributed by atoms with Crippen LogP contribution >= 0.6 is 0 Å². The minimum Gasteiger partial charge on any atom is -0.460 e. The van der Waals surface area contributed by atoms with Crippen LogP contribution in [-0.2, 0) is 9.53 Å². The zero-order chi connectivity index (χ0) is 12.2. The van der Waals surface area contributed by atoms with Crippen LogP contribution < -0.4 is 5.73 Å². The molecule has 0 bridgehead atoms. The topological polar surface area (TPSA) is 52.3 Å². The van der Waals surface area contributed by atoms with Gasteiger partial charge in [0.25, 0.3) is 0 Å². The van der Waals surface area contributed by atoms with E-state index in [9.17, 15) is 4.79 Å². The zero-order valence-electron chi connectivity index (χ0n) is 10.8. The van der Waals surface area contributed by atoms with E-state index >= 15 is 0 Å². The lowest BCUT2D eigenvalue weighted by atomic mass is 9.88. The van der Waals surface area contributed by atoms with Crippen LogP contribution in [0.5, 0.6) is 0 Å². The van der Waals surface area contributed by atoms with E-state index in [-0.39, 0.29) is 11.6 Å². The second-order valence-electron chi connectivity index (χ2n) is 5.83. The van der Waals surface area contributed by atoms with E-state index in [1.807, 2.05) is 20.8 Å². The molecule has 2 N–H and O–H groups in total. The van der Waals surface area contributed by atoms with Gasteiger partial charge in [-0.3, -0.25) is 4.79 Å². The third-order valence-electron chi connectivity index (χ3n) is 3.22. The third-order valence-corrected chi connectivity index (χ3v) is 3.22. The van der Waals surface area contributed by atoms with Crippen molar-refractivity contribution in [3.63, 3.8) is 0 Å². The van der Waals surface area contributed by atoms with Crippen LogP contribution in [0.3, 0.4) is 0 Å². The second-order valence-corrected chi connectivity index (χ2v) is 5.83. The lowest BCUT2D eigenvalue weighted by Gasteiger charge is -2.24. The van der Waals surface area contributed by atoms with Crippen molar-refractivity contribution >= 4 is 5.97 Å². The summed E-state index contributed by atoms with van der Waals surface area (Å²) in [5, 5.41) is 0. The van der Waals surface area contributed by atoms with E-state index in [0.717, 1.165) is 0 Å². The molecule has 1 atom stereocenters. The van der Waals surface area contributed by atoms with Crippen LogP contribution in [0.15, 0.2) is 0 Å². The molecule has 3 nitrogen and oxygen atoms in total. The van der Waals surface area contributed by atoms with Crippen LogP contribution in [0.1, 0.15) is 52.9 Å². The van der Waals surface area contributed by atoms with Crippen molar-refractivity contribution in [3.8, 4) is 0 Å². The number of carbonyl (C=O) groups excluding carboxylic acids is 1. The van der Waals surface area contributed by atoms with Crippen molar-refractivity contribution < 1.29 is 9.53 Å². The molecule has 1 rings (SSSR count). The fourth-order valence-electron chi connectivity index (χ4n) is 2.47. The molecule has 16 heavy (non-hydrogen) atoms. The summed E-state index contributed by atoms with van der Waals surface area (Å²) in [5.41, 5.74) is 5.37. The van der Waals surface area contributed by atoms with Crippen LogP contribution in [0, 0.1) is 11.8 Å². The van der Waals surface area contributed by atoms with Crippen molar-refractivity contribution in [2.75, 3.05) is 6.54 Å². The highest BCUT2D eigenvalue weighted by atomic mass is 16.6. The molecule has 0 aromatic heterocycles. The first-order valence-electron chi connectivity index (χ1n) is 6.34. The first-order chi connectivity index (χ1) is 7.42. The average Bonchev–Trinajstić information content (AvgIpc) is 2.63. The Morgan fingerprint density at radius 2 is 1.94 bits per heavy atom. The highest BCUT2D eigenvalue weighted by molar-refractivity contribution is 5.70. The molecule has 1 fully saturated rings. The highest BCUT2D eigenvalue weighted by Crippen LogP contribution is 2.33. The van der Waals surface area contributed by atoms with Gasteiger partial charge < -0.3 is 10.5 Å². The Morgan fingerprint density at radius 3 is 2.38 bits per heavy atom. The summed E-state index contributed by atoms with van der Waals surface area (Å²) in [5.74, 6) is 0.852. The average molecular weight is 227 g/mol. The first-order valence-corrected chi connectivity index (χ1v) is 6.34. The highest BCUT2D eigenvalue weighted by Gasteiger charge is 2.27. The largest absolute Gasteiger partial charge is 0.460 e. The maximum atomic E-state index is 11.7. The summed E-state index contributed by atoms with van der Waals surface area (Å²) in [6.45, 7) is 6.30. The molecule has 0 aromatic rings. The van der Waals surface area contributed by atoms with Crippen LogP contribution in [0.4, 0.5) is 0 Å². The number of nitrogens with two attached hydrogens (primary N) is 1. The van der Waals surface area contributed by atoms with Gasteiger partial charge in [0.1, 0.15) is 5.60 Å². The fourth-order valence-corrected chi connectivity index (χ4v) is 2.47. The molecule has 0 unspecified atom stereocenters. The van der Waals surface area contributed by atoms with Gasteiger partial charge in [0.05, 0.1) is 0 Å². The smallest absolute Gasteiger partial charge is 0.306 e. The van der Waals surface area contributed by atoms with E-state index in [1.165, 1.54) is 25.7 Å². The summed E-state index contributed by atoms with van der Waals surface area (Å²) in [6.07, 6.45) is 5.51. The molecule has 1 aliphatic carbocycles. The lowest BCUT2D eigenvalue weighted by Crippen LogP contribution is -2.29. The molecular weight excluding hydrogens is 202 g/mol. The molecule has 1 aliphatic rings. The molecule has 0 aliphatic heterocycles. The summed E-state index contributed by atoms with van der Waals surface area (Å²) >= 11 is 0. The quantitative estimate of drug-likeness (QED) is 0.751. The monoisotopic (exact) mass is 227 g/mol. The summed E-state index contributed by atoms with van der Waals surface area (Å²) in [6, 6.07) is 0. The Bertz CT molecular complexity index is 227. The number of ether oxygens (including phenoxy) is 1. The predicted octanol–water partition coefficient (Wildman–Crippen LogP) is 2.48. The summed E-state index contributed by atoms with van der Waals surface area (Å²) in [7, 11) is 0. The van der Waals surface area contributed by atoms with Crippen LogP contribution in [0.2, 0.25) is 0 Å². The second kappa shape index (κ2) is 5.67. The number of hydrogen-bond acceptors (Lipinski definition) is 3. The number of rotatable bonds is 4. The van der Waals surface area contributed by atoms with E-state index in [1.54, 1.807) is 0 Å². The summed E-state index contributed by atoms with van der Waals surface area (Å²) in [4.78, 5) is 11.7. The standard InChI is InChI=1S/C13H25NO2/c1-13(2,3)16-12(15)8-11(9-14)10-6-4-5-7-10/h10-11H,4-9,14H2,1-3H3/t11-/m1/s1. The SMILES string of the molecule is CC(C)(C)OC(=O)C[C@H](CN)C1CCCC1. The molecule has 0 radical (unpaired) electrons. The number of carbonyl (C=O) groups is 1. The van der Waals surface area contributed by atoms with E-state index in [4.69, 9.17) is 10.5 Å². The van der Waals surface area contributed by atoms with Gasteiger partial charge in [-0.05, 0) is 39.2 Å². The van der Waals surface area contributed by atoms with Gasteiger partial charge in [-0.25, -0.2) is 0 Å². The van der Waals surface area contributed by atoms with Gasteiger partial charge in [-0.2, -0.15) is 0 Å². The van der Waals surface area contributed by atoms with E-state index in [2.05, 4.69) is 0 Å². The Balaban J connectivity index is 2.40. The number of esters is 1. The minimum atomic E-state index is -0.383. The minimum absolute atomic E-state index is 0.102. The summed E-state index contributed by atoms with van der Waals surface area (Å²) < 4.78 is 5.34. The normalized spacial score (nSPS) is 19.8. The van der Waals surface area contributed by atoms with Crippen LogP contribution in [0.25, 0.3) is 0 Å². The molecule has 94 valence electrons. The van der Waals surface area contributed by atoms with Crippen molar-refractivity contribution in [1.82, 2.24) is 0 Å². The van der Waals surface area contributed by atoms with Gasteiger partial charge in [0.2, 0.25) is 0 Å². The first kappa shape index (κ1) is 13.5. The lowest BCUT2D eigenvalue weighted by molar-refractivity contribution is -0.156. The van der Waals surface area contributed by atoms with Crippen molar-refractivity contribution in [3.05, 3.63) is 0 Å². The Labute approximate surface area is 98.7 Å². The van der Waals surface area contributed by atoms with Gasteiger partial charge in [-0.15, -0.1) is 0 Å². The Hall–Kier alpha value is -0.570. The fraction of sp³-hybridized carbons (Fsp3) is 0.923. The van der Waals surface area contributed by atoms with E-state index in [0.29, 0.717) is 24.8 Å². The number of hydrogen-bond donors (Lipinski definition) is 1. The molecule has 0 heterocycles. The van der Waals surface area contributed by atoms with Crippen molar-refractivity contribution in [2.24, 2.45) is 17.6 Å². The molecule has 0 spiro atoms. The van der Waals surface area contributed by atoms with Crippen LogP contribution in [-0.4, -0.2) is 18.1 Å². The maximum Gasteiger partial charge on any atom is 0.306 e. The third kappa shape index (κ3) is 4.52. The van der Waals surface area contributed by atoms with Gasteiger partial charge in [-0.1, -0.05) is 25.7 Å². The Kier molecular flexibility index (Phi) is 4.78. The Morgan fingerprint density at radius 1 is 1.38 bits per heavy atom. The van der Waals surface area contributed by atoms with Crippen molar-refractivity contribution in [2.45, 2.75) is 58.5 Å². The molecule has 0 saturated heterocycles. The molecule has 3 heteroatoms. The van der Waals surface area contributed by atoms with Gasteiger partial charge in [0.15, 0.2) is 0 Å². The zero-order valence-corrected chi connectivity index (χ0v) is 10.8. The predicted molar refractivity (Wildman–Crippen MR) is 65.0 cm³/mol. The van der Waals surface area contributed by atoms with Crippen molar-refractivity contribution in [1.29, 1.82) is 0 Å². The van der Waals surface area contributed by atoms with E-state index < -0.39 is 0 Å². The molecule has 1 saturated carbocycles. The van der Waals surface area contributed by atoms with Gasteiger partial charge >= 0.3 is 5.97 Å². The molecular formula is C13H25NO2. The maximum absolute atomic E-state index is 11.7. The van der Waals surface area contributed by atoms with Gasteiger partial charge in [0, 0.05) is 6.42 Å².